The SMILES string of the molecule is FC(c1cc[c]cc1)c1cccs1. The van der Waals surface area contributed by atoms with Gasteiger partial charge in [0.15, 0.2) is 6.17 Å². The van der Waals surface area contributed by atoms with E-state index in [0.717, 1.165) is 4.88 Å². The second kappa shape index (κ2) is 3.71. The van der Waals surface area contributed by atoms with Crippen LogP contribution in [0.5, 0.6) is 0 Å². The van der Waals surface area contributed by atoms with Gasteiger partial charge in [-0.2, -0.15) is 0 Å². The van der Waals surface area contributed by atoms with Crippen molar-refractivity contribution in [1.29, 1.82) is 0 Å². The Kier molecular flexibility index (Phi) is 2.41. The normalized spacial score (nSPS) is 12.7. The summed E-state index contributed by atoms with van der Waals surface area (Å²) in [6.07, 6.45) is -0.991. The molecule has 1 atom stereocenters. The van der Waals surface area contributed by atoms with Gasteiger partial charge in [-0.05, 0) is 23.1 Å². The fourth-order valence-corrected chi connectivity index (χ4v) is 1.90. The molecule has 0 saturated heterocycles. The largest absolute Gasteiger partial charge is 0.236 e. The number of halogens is 1. The molecule has 0 saturated carbocycles. The molecule has 2 aromatic rings. The molecule has 2 heteroatoms. The lowest BCUT2D eigenvalue weighted by molar-refractivity contribution is 0.408. The quantitative estimate of drug-likeness (QED) is 0.680. The topological polar surface area (TPSA) is 0 Å². The van der Waals surface area contributed by atoms with Gasteiger partial charge in [-0.15, -0.1) is 11.3 Å². The summed E-state index contributed by atoms with van der Waals surface area (Å²) in [5.41, 5.74) is 0.696. The Labute approximate surface area is 80.7 Å². The highest BCUT2D eigenvalue weighted by atomic mass is 32.1. The molecule has 0 N–H and O–H groups in total. The third-order valence-electron chi connectivity index (χ3n) is 1.83. The Hall–Kier alpha value is -1.15. The maximum absolute atomic E-state index is 13.7. The highest BCUT2D eigenvalue weighted by Crippen LogP contribution is 2.28. The minimum atomic E-state index is -0.991. The third-order valence-corrected chi connectivity index (χ3v) is 2.74. The van der Waals surface area contributed by atoms with E-state index in [4.69, 9.17) is 0 Å². The number of benzene rings is 1. The Balaban J connectivity index is 2.29. The fourth-order valence-electron chi connectivity index (χ4n) is 1.17. The average Bonchev–Trinajstić information content (AvgIpc) is 2.71. The Morgan fingerprint density at radius 2 is 2.00 bits per heavy atom. The van der Waals surface area contributed by atoms with Gasteiger partial charge in [-0.1, -0.05) is 30.3 Å². The Morgan fingerprint density at radius 3 is 2.62 bits per heavy atom. The lowest BCUT2D eigenvalue weighted by Crippen LogP contribution is -1.89. The van der Waals surface area contributed by atoms with Crippen molar-refractivity contribution in [3.8, 4) is 0 Å². The molecule has 1 radical (unpaired) electrons. The van der Waals surface area contributed by atoms with Gasteiger partial charge < -0.3 is 0 Å². The molecule has 0 spiro atoms. The second-order valence-electron chi connectivity index (χ2n) is 2.71. The summed E-state index contributed by atoms with van der Waals surface area (Å²) in [7, 11) is 0. The van der Waals surface area contributed by atoms with Gasteiger partial charge in [0, 0.05) is 4.88 Å². The smallest absolute Gasteiger partial charge is 0.159 e. The predicted octanol–water partition coefficient (Wildman–Crippen LogP) is 3.61. The van der Waals surface area contributed by atoms with E-state index in [2.05, 4.69) is 6.07 Å². The maximum atomic E-state index is 13.7. The monoisotopic (exact) mass is 191 g/mol. The molecular formula is C11H8FS. The lowest BCUT2D eigenvalue weighted by atomic mass is 10.1. The van der Waals surface area contributed by atoms with Crippen LogP contribution in [0, 0.1) is 6.07 Å². The van der Waals surface area contributed by atoms with E-state index >= 15 is 0 Å². The molecule has 0 aliphatic rings. The van der Waals surface area contributed by atoms with Crippen LogP contribution in [0.15, 0.2) is 41.8 Å². The van der Waals surface area contributed by atoms with Crippen LogP contribution in [-0.4, -0.2) is 0 Å². The molecule has 1 heterocycles. The van der Waals surface area contributed by atoms with E-state index in [0.29, 0.717) is 5.56 Å². The van der Waals surface area contributed by atoms with Crippen molar-refractivity contribution >= 4 is 11.3 Å². The summed E-state index contributed by atoms with van der Waals surface area (Å²) >= 11 is 1.44. The summed E-state index contributed by atoms with van der Waals surface area (Å²) < 4.78 is 13.7. The van der Waals surface area contributed by atoms with Crippen molar-refractivity contribution < 1.29 is 4.39 Å². The molecule has 0 nitrogen and oxygen atoms in total. The molecule has 1 aromatic heterocycles. The van der Waals surface area contributed by atoms with E-state index in [1.54, 1.807) is 24.3 Å². The van der Waals surface area contributed by atoms with Crippen LogP contribution in [0.1, 0.15) is 16.6 Å². The van der Waals surface area contributed by atoms with Crippen LogP contribution in [0.25, 0.3) is 0 Å². The standard InChI is InChI=1S/C11H8FS/c12-11(10-7-4-8-13-10)9-5-2-1-3-6-9/h2-8,11H. The van der Waals surface area contributed by atoms with Gasteiger partial charge in [-0.3, -0.25) is 0 Å². The van der Waals surface area contributed by atoms with E-state index < -0.39 is 6.17 Å². The Bertz CT molecular complexity index is 353. The first-order valence-corrected chi connectivity index (χ1v) is 4.89. The van der Waals surface area contributed by atoms with Crippen LogP contribution >= 0.6 is 11.3 Å². The first kappa shape index (κ1) is 8.45. The van der Waals surface area contributed by atoms with Crippen molar-refractivity contribution in [3.05, 3.63) is 58.3 Å². The van der Waals surface area contributed by atoms with Gasteiger partial charge in [0.05, 0.1) is 0 Å². The molecule has 1 aromatic carbocycles. The molecule has 0 fully saturated rings. The zero-order chi connectivity index (χ0) is 9.10. The van der Waals surface area contributed by atoms with E-state index in [1.165, 1.54) is 11.3 Å². The second-order valence-corrected chi connectivity index (χ2v) is 3.69. The molecule has 0 amide bonds. The number of alkyl halides is 1. The van der Waals surface area contributed by atoms with Gasteiger partial charge >= 0.3 is 0 Å². The van der Waals surface area contributed by atoms with Crippen LogP contribution < -0.4 is 0 Å². The zero-order valence-electron chi connectivity index (χ0n) is 6.91. The third kappa shape index (κ3) is 1.78. The summed E-state index contributed by atoms with van der Waals surface area (Å²) in [5, 5.41) is 1.89. The van der Waals surface area contributed by atoms with Gasteiger partial charge in [0.2, 0.25) is 0 Å². The molecule has 13 heavy (non-hydrogen) atoms. The van der Waals surface area contributed by atoms with Crippen molar-refractivity contribution in [2.75, 3.05) is 0 Å². The molecule has 65 valence electrons. The lowest BCUT2D eigenvalue weighted by Gasteiger charge is -2.04. The van der Waals surface area contributed by atoms with Crippen LogP contribution in [0.3, 0.4) is 0 Å². The van der Waals surface area contributed by atoms with Crippen molar-refractivity contribution in [2.24, 2.45) is 0 Å². The van der Waals surface area contributed by atoms with Crippen molar-refractivity contribution in [3.63, 3.8) is 0 Å². The summed E-state index contributed by atoms with van der Waals surface area (Å²) in [5.74, 6) is 0. The first-order chi connectivity index (χ1) is 6.38. The van der Waals surface area contributed by atoms with Gasteiger partial charge in [0.25, 0.3) is 0 Å². The predicted molar refractivity (Wildman–Crippen MR) is 52.5 cm³/mol. The number of rotatable bonds is 2. The van der Waals surface area contributed by atoms with E-state index in [1.807, 2.05) is 17.5 Å². The van der Waals surface area contributed by atoms with E-state index in [-0.39, 0.29) is 0 Å². The van der Waals surface area contributed by atoms with Gasteiger partial charge in [0.1, 0.15) is 0 Å². The number of hydrogen-bond donors (Lipinski definition) is 0. The summed E-state index contributed by atoms with van der Waals surface area (Å²) in [6, 6.07) is 13.5. The fraction of sp³-hybridized carbons (Fsp3) is 0.0909. The van der Waals surface area contributed by atoms with Crippen LogP contribution in [-0.2, 0) is 0 Å². The highest BCUT2D eigenvalue weighted by molar-refractivity contribution is 7.10. The summed E-state index contributed by atoms with van der Waals surface area (Å²) in [6.45, 7) is 0. The molecule has 0 aliphatic heterocycles. The molecule has 2 rings (SSSR count). The average molecular weight is 191 g/mol. The van der Waals surface area contributed by atoms with Crippen LogP contribution in [0.4, 0.5) is 4.39 Å². The maximum Gasteiger partial charge on any atom is 0.159 e. The minimum absolute atomic E-state index is 0.696. The molecule has 0 aliphatic carbocycles. The number of thiophene rings is 1. The summed E-state index contributed by atoms with van der Waals surface area (Å²) in [4.78, 5) is 0.756. The first-order valence-electron chi connectivity index (χ1n) is 4.01. The molecule has 1 unspecified atom stereocenters. The van der Waals surface area contributed by atoms with Gasteiger partial charge in [-0.25, -0.2) is 4.39 Å². The zero-order valence-corrected chi connectivity index (χ0v) is 7.72. The number of hydrogen-bond acceptors (Lipinski definition) is 1. The van der Waals surface area contributed by atoms with Crippen LogP contribution in [0.2, 0.25) is 0 Å². The van der Waals surface area contributed by atoms with Crippen molar-refractivity contribution in [2.45, 2.75) is 6.17 Å². The van der Waals surface area contributed by atoms with E-state index in [9.17, 15) is 4.39 Å². The Morgan fingerprint density at radius 1 is 1.23 bits per heavy atom. The van der Waals surface area contributed by atoms with Crippen molar-refractivity contribution in [1.82, 2.24) is 0 Å². The highest BCUT2D eigenvalue weighted by Gasteiger charge is 2.12. The molecular weight excluding hydrogens is 183 g/mol. The minimum Gasteiger partial charge on any atom is -0.236 e. The molecule has 0 bridgehead atoms.